The van der Waals surface area contributed by atoms with Gasteiger partial charge in [-0.15, -0.1) is 0 Å². The Morgan fingerprint density at radius 3 is 2.71 bits per heavy atom. The van der Waals surface area contributed by atoms with Gasteiger partial charge in [-0.3, -0.25) is 0 Å². The minimum Gasteiger partial charge on any atom is -0.383 e. The van der Waals surface area contributed by atoms with Crippen molar-refractivity contribution < 1.29 is 0 Å². The van der Waals surface area contributed by atoms with E-state index in [1.807, 2.05) is 0 Å². The number of hydrogen-bond donors (Lipinski definition) is 2. The normalized spacial score (nSPS) is 10.8. The van der Waals surface area contributed by atoms with E-state index in [9.17, 15) is 0 Å². The molecule has 0 aliphatic carbocycles. The van der Waals surface area contributed by atoms with Crippen molar-refractivity contribution in [3.8, 4) is 0 Å². The summed E-state index contributed by atoms with van der Waals surface area (Å²) in [5.74, 6) is 1.23. The van der Waals surface area contributed by atoms with Gasteiger partial charge in [0.05, 0.1) is 0 Å². The van der Waals surface area contributed by atoms with Crippen LogP contribution in [-0.2, 0) is 0 Å². The van der Waals surface area contributed by atoms with E-state index in [0.29, 0.717) is 5.82 Å². The first kappa shape index (κ1) is 14.2. The number of nitrogens with zero attached hydrogens (tertiary/aromatic N) is 3. The third-order valence-corrected chi connectivity index (χ3v) is 3.44. The molecular weight excluding hydrogens is 282 g/mol. The number of nitrogen functional groups attached to an aromatic ring is 1. The first-order valence-electron chi connectivity index (χ1n) is 5.91. The van der Waals surface area contributed by atoms with E-state index in [4.69, 9.17) is 5.73 Å². The molecule has 0 saturated carbocycles. The molecule has 0 spiro atoms. The van der Waals surface area contributed by atoms with Gasteiger partial charge in [0, 0.05) is 6.54 Å². The average molecular weight is 302 g/mol. The molecule has 17 heavy (non-hydrogen) atoms. The largest absolute Gasteiger partial charge is 0.383 e. The van der Waals surface area contributed by atoms with Gasteiger partial charge in [-0.05, 0) is 42.0 Å². The second-order valence-corrected chi connectivity index (χ2v) is 4.52. The molecule has 96 valence electrons. The minimum atomic E-state index is 0.464. The van der Waals surface area contributed by atoms with Gasteiger partial charge in [0.2, 0.25) is 0 Å². The maximum atomic E-state index is 5.67. The van der Waals surface area contributed by atoms with Crippen LogP contribution in [0.3, 0.4) is 0 Å². The van der Waals surface area contributed by atoms with Crippen molar-refractivity contribution in [2.24, 2.45) is 0 Å². The molecule has 1 aromatic heterocycles. The molecule has 0 aliphatic rings. The third kappa shape index (κ3) is 4.47. The highest BCUT2D eigenvalue weighted by Crippen LogP contribution is 2.23. The van der Waals surface area contributed by atoms with E-state index in [0.717, 1.165) is 42.9 Å². The Morgan fingerprint density at radius 2 is 2.06 bits per heavy atom. The zero-order valence-corrected chi connectivity index (χ0v) is 12.0. The van der Waals surface area contributed by atoms with Crippen molar-refractivity contribution in [3.63, 3.8) is 0 Å². The summed E-state index contributed by atoms with van der Waals surface area (Å²) in [6, 6.07) is 0. The highest BCUT2D eigenvalue weighted by atomic mass is 79.9. The van der Waals surface area contributed by atoms with Crippen LogP contribution >= 0.6 is 15.9 Å². The van der Waals surface area contributed by atoms with Gasteiger partial charge in [-0.2, -0.15) is 0 Å². The van der Waals surface area contributed by atoms with E-state index < -0.39 is 0 Å². The lowest BCUT2D eigenvalue weighted by Gasteiger charge is -2.17. The van der Waals surface area contributed by atoms with Gasteiger partial charge in [-0.25, -0.2) is 9.97 Å². The SMILES string of the molecule is CCN(CC)CCCNc1ncnc(N)c1Br. The van der Waals surface area contributed by atoms with Crippen molar-refractivity contribution >= 4 is 27.6 Å². The fraction of sp³-hybridized carbons (Fsp3) is 0.636. The van der Waals surface area contributed by atoms with Crippen LogP contribution in [0.4, 0.5) is 11.6 Å². The first-order chi connectivity index (χ1) is 8.19. The fourth-order valence-corrected chi connectivity index (χ4v) is 1.90. The molecule has 0 unspecified atom stereocenters. The van der Waals surface area contributed by atoms with Gasteiger partial charge >= 0.3 is 0 Å². The molecule has 5 nitrogen and oxygen atoms in total. The number of hydrogen-bond acceptors (Lipinski definition) is 5. The highest BCUT2D eigenvalue weighted by molar-refractivity contribution is 9.10. The summed E-state index contributed by atoms with van der Waals surface area (Å²) < 4.78 is 0.739. The van der Waals surface area contributed by atoms with Crippen LogP contribution in [0.1, 0.15) is 20.3 Å². The number of nitrogens with two attached hydrogens (primary N) is 1. The Balaban J connectivity index is 2.33. The molecule has 6 heteroatoms. The van der Waals surface area contributed by atoms with E-state index >= 15 is 0 Å². The second kappa shape index (κ2) is 7.45. The van der Waals surface area contributed by atoms with Crippen molar-refractivity contribution in [1.82, 2.24) is 14.9 Å². The van der Waals surface area contributed by atoms with E-state index in [2.05, 4.69) is 50.0 Å². The van der Waals surface area contributed by atoms with E-state index in [1.54, 1.807) is 0 Å². The van der Waals surface area contributed by atoms with Crippen molar-refractivity contribution in [2.45, 2.75) is 20.3 Å². The van der Waals surface area contributed by atoms with Crippen molar-refractivity contribution in [2.75, 3.05) is 37.2 Å². The molecule has 1 rings (SSSR count). The Labute approximate surface area is 111 Å². The second-order valence-electron chi connectivity index (χ2n) is 3.73. The topological polar surface area (TPSA) is 67.1 Å². The lowest BCUT2D eigenvalue weighted by Crippen LogP contribution is -2.25. The smallest absolute Gasteiger partial charge is 0.145 e. The zero-order chi connectivity index (χ0) is 12.7. The summed E-state index contributed by atoms with van der Waals surface area (Å²) in [4.78, 5) is 10.4. The molecule has 0 atom stereocenters. The molecule has 1 aromatic rings. The molecule has 0 amide bonds. The lowest BCUT2D eigenvalue weighted by molar-refractivity contribution is 0.303. The Hall–Kier alpha value is -0.880. The number of halogens is 1. The molecule has 0 aliphatic heterocycles. The maximum Gasteiger partial charge on any atom is 0.145 e. The molecule has 1 heterocycles. The summed E-state index contributed by atoms with van der Waals surface area (Å²) in [6.07, 6.45) is 2.55. The predicted molar refractivity (Wildman–Crippen MR) is 75.0 cm³/mol. The van der Waals surface area contributed by atoms with Crippen molar-refractivity contribution in [1.29, 1.82) is 0 Å². The minimum absolute atomic E-state index is 0.464. The van der Waals surface area contributed by atoms with Crippen LogP contribution in [0, 0.1) is 0 Å². The predicted octanol–water partition coefficient (Wildman–Crippen LogP) is 1.97. The Morgan fingerprint density at radius 1 is 1.35 bits per heavy atom. The monoisotopic (exact) mass is 301 g/mol. The Bertz CT molecular complexity index is 341. The number of rotatable bonds is 7. The molecule has 0 aromatic carbocycles. The average Bonchev–Trinajstić information content (AvgIpc) is 2.34. The molecule has 0 saturated heterocycles. The highest BCUT2D eigenvalue weighted by Gasteiger charge is 2.05. The maximum absolute atomic E-state index is 5.67. The molecule has 0 bridgehead atoms. The number of aromatic nitrogens is 2. The first-order valence-corrected chi connectivity index (χ1v) is 6.70. The quantitative estimate of drug-likeness (QED) is 0.754. The molecule has 3 N–H and O–H groups in total. The lowest BCUT2D eigenvalue weighted by atomic mass is 10.3. The molecular formula is C11H20BrN5. The van der Waals surface area contributed by atoms with E-state index in [1.165, 1.54) is 6.33 Å². The summed E-state index contributed by atoms with van der Waals surface area (Å²) in [6.45, 7) is 8.53. The van der Waals surface area contributed by atoms with Crippen LogP contribution in [0.25, 0.3) is 0 Å². The van der Waals surface area contributed by atoms with Crippen LogP contribution in [0.15, 0.2) is 10.8 Å². The van der Waals surface area contributed by atoms with E-state index in [-0.39, 0.29) is 0 Å². The molecule has 0 radical (unpaired) electrons. The fourth-order valence-electron chi connectivity index (χ4n) is 1.56. The number of anilines is 2. The zero-order valence-electron chi connectivity index (χ0n) is 10.4. The van der Waals surface area contributed by atoms with Gasteiger partial charge < -0.3 is 16.0 Å². The van der Waals surface area contributed by atoms with Crippen LogP contribution < -0.4 is 11.1 Å². The third-order valence-electron chi connectivity index (χ3n) is 2.65. The standard InChI is InChI=1S/C11H20BrN5/c1-3-17(4-2)7-5-6-14-11-9(12)10(13)15-8-16-11/h8H,3-7H2,1-2H3,(H3,13,14,15,16). The van der Waals surface area contributed by atoms with Gasteiger partial charge in [0.15, 0.2) is 0 Å². The summed E-state index contributed by atoms with van der Waals surface area (Å²) >= 11 is 3.37. The summed E-state index contributed by atoms with van der Waals surface area (Å²) in [5.41, 5.74) is 5.67. The van der Waals surface area contributed by atoms with Crippen LogP contribution in [0.2, 0.25) is 0 Å². The van der Waals surface area contributed by atoms with Gasteiger partial charge in [0.1, 0.15) is 22.4 Å². The van der Waals surface area contributed by atoms with Gasteiger partial charge in [0.25, 0.3) is 0 Å². The Kier molecular flexibility index (Phi) is 6.21. The van der Waals surface area contributed by atoms with Crippen molar-refractivity contribution in [3.05, 3.63) is 10.8 Å². The molecule has 0 fully saturated rings. The summed E-state index contributed by atoms with van der Waals surface area (Å²) in [7, 11) is 0. The van der Waals surface area contributed by atoms with Crippen LogP contribution in [-0.4, -0.2) is 41.0 Å². The van der Waals surface area contributed by atoms with Gasteiger partial charge in [-0.1, -0.05) is 13.8 Å². The van der Waals surface area contributed by atoms with Crippen LogP contribution in [0.5, 0.6) is 0 Å². The number of nitrogens with one attached hydrogen (secondary N) is 1. The summed E-state index contributed by atoms with van der Waals surface area (Å²) in [5, 5.41) is 3.25.